The molecule has 4 rings (SSSR count). The molecule has 11 heteroatoms. The number of ether oxygens (including phenoxy) is 3. The average molecular weight is 517 g/mol. The lowest BCUT2D eigenvalue weighted by atomic mass is 10.2. The van der Waals surface area contributed by atoms with Crippen molar-refractivity contribution in [1.82, 2.24) is 0 Å². The van der Waals surface area contributed by atoms with Gasteiger partial charge in [-0.25, -0.2) is 9.18 Å². The van der Waals surface area contributed by atoms with Crippen LogP contribution in [0.3, 0.4) is 0 Å². The number of rotatable bonds is 9. The van der Waals surface area contributed by atoms with E-state index < -0.39 is 30.2 Å². The van der Waals surface area contributed by atoms with Crippen molar-refractivity contribution in [2.45, 2.75) is 0 Å². The van der Waals surface area contributed by atoms with E-state index in [2.05, 4.69) is 10.6 Å². The minimum Gasteiger partial charge on any atom is -0.493 e. The fourth-order valence-corrected chi connectivity index (χ4v) is 3.43. The minimum absolute atomic E-state index is 0.0717. The monoisotopic (exact) mass is 517 g/mol. The summed E-state index contributed by atoms with van der Waals surface area (Å²) in [5.74, 6) is -2.12. The number of fused-ring (bicyclic) bond motifs is 1. The van der Waals surface area contributed by atoms with Crippen LogP contribution in [0.25, 0.3) is 11.0 Å². The first-order chi connectivity index (χ1) is 18.4. The standard InChI is InChI=1S/C27H20FN3O7/c1-35-22-12-16(6-11-21(22)36-14-24(32)30-18-9-7-17(28)8-10-18)27(34)37-15-25(33)31-26-19-4-2-3-5-20(19)38-23(26)13-29/h2-12H,14-15H2,1H3,(H,30,32)(H,31,33). The number of nitriles is 1. The molecule has 4 aromatic rings. The zero-order valence-electron chi connectivity index (χ0n) is 19.9. The number of carbonyl (C=O) groups is 3. The first kappa shape index (κ1) is 25.7. The maximum Gasteiger partial charge on any atom is 0.338 e. The summed E-state index contributed by atoms with van der Waals surface area (Å²) in [4.78, 5) is 37.0. The second-order valence-corrected chi connectivity index (χ2v) is 7.75. The molecular formula is C27H20FN3O7. The third kappa shape index (κ3) is 6.06. The van der Waals surface area contributed by atoms with Crippen LogP contribution in [0.15, 0.2) is 71.1 Å². The molecule has 3 aromatic carbocycles. The van der Waals surface area contributed by atoms with Gasteiger partial charge in [0, 0.05) is 11.1 Å². The Bertz CT molecular complexity index is 1540. The number of amides is 2. The Morgan fingerprint density at radius 2 is 1.68 bits per heavy atom. The first-order valence-electron chi connectivity index (χ1n) is 11.1. The lowest BCUT2D eigenvalue weighted by Crippen LogP contribution is -2.21. The molecule has 38 heavy (non-hydrogen) atoms. The average Bonchev–Trinajstić information content (AvgIpc) is 3.29. The Balaban J connectivity index is 1.33. The normalized spacial score (nSPS) is 10.3. The van der Waals surface area contributed by atoms with Crippen LogP contribution in [0.5, 0.6) is 11.5 Å². The van der Waals surface area contributed by atoms with E-state index in [0.29, 0.717) is 16.7 Å². The third-order valence-electron chi connectivity index (χ3n) is 5.18. The molecule has 0 fully saturated rings. The van der Waals surface area contributed by atoms with E-state index in [0.717, 1.165) is 0 Å². The van der Waals surface area contributed by atoms with Crippen LogP contribution in [0.4, 0.5) is 15.8 Å². The van der Waals surface area contributed by atoms with E-state index in [1.54, 1.807) is 24.3 Å². The highest BCUT2D eigenvalue weighted by atomic mass is 19.1. The minimum atomic E-state index is -0.809. The summed E-state index contributed by atoms with van der Waals surface area (Å²) in [5, 5.41) is 14.9. The van der Waals surface area contributed by atoms with Crippen molar-refractivity contribution in [3.8, 4) is 17.6 Å². The summed E-state index contributed by atoms with van der Waals surface area (Å²) in [6.07, 6.45) is 0. The lowest BCUT2D eigenvalue weighted by molar-refractivity contribution is -0.119. The smallest absolute Gasteiger partial charge is 0.338 e. The highest BCUT2D eigenvalue weighted by Crippen LogP contribution is 2.30. The number of carbonyl (C=O) groups excluding carboxylic acids is 3. The first-order valence-corrected chi connectivity index (χ1v) is 11.1. The van der Waals surface area contributed by atoms with Crippen molar-refractivity contribution in [2.24, 2.45) is 0 Å². The van der Waals surface area contributed by atoms with E-state index in [1.807, 2.05) is 6.07 Å². The predicted octanol–water partition coefficient (Wildman–Crippen LogP) is 4.27. The van der Waals surface area contributed by atoms with Gasteiger partial charge in [0.25, 0.3) is 11.8 Å². The van der Waals surface area contributed by atoms with Gasteiger partial charge in [-0.2, -0.15) is 5.26 Å². The highest BCUT2D eigenvalue weighted by molar-refractivity contribution is 6.04. The molecule has 0 atom stereocenters. The molecule has 1 aromatic heterocycles. The van der Waals surface area contributed by atoms with Gasteiger partial charge in [0.05, 0.1) is 12.7 Å². The van der Waals surface area contributed by atoms with Crippen molar-refractivity contribution < 1.29 is 37.4 Å². The number of halogens is 1. The van der Waals surface area contributed by atoms with Crippen molar-refractivity contribution in [3.63, 3.8) is 0 Å². The van der Waals surface area contributed by atoms with Crippen molar-refractivity contribution in [2.75, 3.05) is 31.0 Å². The number of benzene rings is 3. The van der Waals surface area contributed by atoms with Gasteiger partial charge in [-0.15, -0.1) is 0 Å². The molecule has 1 heterocycles. The molecule has 0 aliphatic heterocycles. The van der Waals surface area contributed by atoms with E-state index in [9.17, 15) is 24.0 Å². The molecule has 10 nitrogen and oxygen atoms in total. The van der Waals surface area contributed by atoms with Crippen LogP contribution in [0, 0.1) is 17.1 Å². The number of anilines is 2. The van der Waals surface area contributed by atoms with Gasteiger partial charge in [0.2, 0.25) is 5.76 Å². The Hall–Kier alpha value is -5.37. The molecule has 2 amide bonds. The van der Waals surface area contributed by atoms with Crippen molar-refractivity contribution in [3.05, 3.63) is 83.9 Å². The molecule has 0 aliphatic rings. The fourth-order valence-electron chi connectivity index (χ4n) is 3.43. The molecule has 0 unspecified atom stereocenters. The van der Waals surface area contributed by atoms with E-state index in [-0.39, 0.29) is 35.1 Å². The van der Waals surface area contributed by atoms with Gasteiger partial charge in [0.15, 0.2) is 24.7 Å². The Kier molecular flexibility index (Phi) is 7.83. The highest BCUT2D eigenvalue weighted by Gasteiger charge is 2.18. The number of nitrogens with zero attached hydrogens (tertiary/aromatic N) is 1. The molecule has 0 saturated heterocycles. The molecule has 0 spiro atoms. The van der Waals surface area contributed by atoms with Crippen LogP contribution >= 0.6 is 0 Å². The summed E-state index contributed by atoms with van der Waals surface area (Å²) in [5.41, 5.74) is 1.10. The van der Waals surface area contributed by atoms with E-state index in [1.165, 1.54) is 49.6 Å². The maximum atomic E-state index is 13.0. The van der Waals surface area contributed by atoms with E-state index >= 15 is 0 Å². The summed E-state index contributed by atoms with van der Waals surface area (Å²) >= 11 is 0. The van der Waals surface area contributed by atoms with Gasteiger partial charge in [-0.05, 0) is 54.6 Å². The zero-order chi connectivity index (χ0) is 27.1. The summed E-state index contributed by atoms with van der Waals surface area (Å²) in [7, 11) is 1.35. The third-order valence-corrected chi connectivity index (χ3v) is 5.18. The fraction of sp³-hybridized carbons (Fsp3) is 0.111. The Morgan fingerprint density at radius 1 is 0.947 bits per heavy atom. The van der Waals surface area contributed by atoms with Crippen LogP contribution < -0.4 is 20.1 Å². The van der Waals surface area contributed by atoms with Crippen LogP contribution in [0.2, 0.25) is 0 Å². The van der Waals surface area contributed by atoms with Gasteiger partial charge in [-0.3, -0.25) is 9.59 Å². The van der Waals surface area contributed by atoms with Crippen LogP contribution in [-0.2, 0) is 14.3 Å². The molecule has 2 N–H and O–H groups in total. The van der Waals surface area contributed by atoms with Gasteiger partial charge in [0.1, 0.15) is 23.2 Å². The largest absolute Gasteiger partial charge is 0.493 e. The number of para-hydroxylation sites is 1. The molecule has 0 radical (unpaired) electrons. The molecule has 0 saturated carbocycles. The second-order valence-electron chi connectivity index (χ2n) is 7.75. The molecule has 192 valence electrons. The number of nitrogens with one attached hydrogen (secondary N) is 2. The number of methoxy groups -OCH3 is 1. The lowest BCUT2D eigenvalue weighted by Gasteiger charge is -2.12. The topological polar surface area (TPSA) is 140 Å². The van der Waals surface area contributed by atoms with Gasteiger partial charge in [-0.1, -0.05) is 12.1 Å². The van der Waals surface area contributed by atoms with Crippen LogP contribution in [-0.4, -0.2) is 38.1 Å². The quantitative estimate of drug-likeness (QED) is 0.314. The summed E-state index contributed by atoms with van der Waals surface area (Å²) in [6.45, 7) is -0.988. The SMILES string of the molecule is COc1cc(C(=O)OCC(=O)Nc2c(C#N)oc3ccccc23)ccc1OCC(=O)Nc1ccc(F)cc1. The van der Waals surface area contributed by atoms with Crippen LogP contribution in [0.1, 0.15) is 16.1 Å². The zero-order valence-corrected chi connectivity index (χ0v) is 19.9. The van der Waals surface area contributed by atoms with Crippen molar-refractivity contribution in [1.29, 1.82) is 5.26 Å². The Morgan fingerprint density at radius 3 is 2.42 bits per heavy atom. The maximum absolute atomic E-state index is 13.0. The number of furan rings is 1. The van der Waals surface area contributed by atoms with E-state index in [4.69, 9.17) is 18.6 Å². The number of esters is 1. The van der Waals surface area contributed by atoms with Crippen molar-refractivity contribution >= 4 is 40.1 Å². The van der Waals surface area contributed by atoms with Gasteiger partial charge >= 0.3 is 5.97 Å². The Labute approximate surface area is 215 Å². The predicted molar refractivity (Wildman–Crippen MR) is 133 cm³/mol. The number of hydrogen-bond acceptors (Lipinski definition) is 8. The molecule has 0 bridgehead atoms. The number of hydrogen-bond donors (Lipinski definition) is 2. The molecular weight excluding hydrogens is 497 g/mol. The second kappa shape index (κ2) is 11.6. The summed E-state index contributed by atoms with van der Waals surface area (Å²) in [6, 6.07) is 18.1. The van der Waals surface area contributed by atoms with Gasteiger partial charge < -0.3 is 29.3 Å². The molecule has 0 aliphatic carbocycles. The summed E-state index contributed by atoms with van der Waals surface area (Å²) < 4.78 is 34.2.